The van der Waals surface area contributed by atoms with Gasteiger partial charge in [-0.2, -0.15) is 4.98 Å². The predicted molar refractivity (Wildman–Crippen MR) is 112 cm³/mol. The lowest BCUT2D eigenvalue weighted by Crippen LogP contribution is -2.13. The minimum atomic E-state index is -3.86. The van der Waals surface area contributed by atoms with E-state index in [1.165, 1.54) is 29.8 Å². The van der Waals surface area contributed by atoms with E-state index < -0.39 is 9.84 Å². The summed E-state index contributed by atoms with van der Waals surface area (Å²) in [5, 5.41) is 0.348. The van der Waals surface area contributed by atoms with Crippen LogP contribution in [0.2, 0.25) is 5.02 Å². The molecular formula is C21H23ClN2O3S. The number of aromatic nitrogens is 1. The quantitative estimate of drug-likeness (QED) is 0.583. The van der Waals surface area contributed by atoms with Crippen molar-refractivity contribution in [2.24, 2.45) is 0 Å². The van der Waals surface area contributed by atoms with Crippen LogP contribution in [-0.4, -0.2) is 27.5 Å². The molecule has 148 valence electrons. The molecule has 0 amide bonds. The summed E-state index contributed by atoms with van der Waals surface area (Å²) in [6, 6.07) is 13.8. The fourth-order valence-electron chi connectivity index (χ4n) is 2.72. The Morgan fingerprint density at radius 2 is 1.54 bits per heavy atom. The Balaban J connectivity index is 2.09. The maximum atomic E-state index is 13.1. The average Bonchev–Trinajstić information content (AvgIpc) is 3.08. The summed E-state index contributed by atoms with van der Waals surface area (Å²) in [4.78, 5) is 6.05. The standard InChI is InChI=1S/C21H23ClN2O3S/c1-21(2,3)15-8-6-14(7-9-15)18-23-19(20(27-18)24(4)5)28(25,26)17-12-10-16(22)11-13-17/h6-13H,1-5H3. The first-order valence-corrected chi connectivity index (χ1v) is 10.7. The van der Waals surface area contributed by atoms with Crippen LogP contribution in [0.25, 0.3) is 11.5 Å². The Morgan fingerprint density at radius 3 is 2.04 bits per heavy atom. The van der Waals surface area contributed by atoms with Crippen molar-refractivity contribution in [3.8, 4) is 11.5 Å². The lowest BCUT2D eigenvalue weighted by molar-refractivity contribution is 0.563. The molecule has 7 heteroatoms. The SMILES string of the molecule is CN(C)c1oc(-c2ccc(C(C)(C)C)cc2)nc1S(=O)(=O)c1ccc(Cl)cc1. The van der Waals surface area contributed by atoms with E-state index in [1.54, 1.807) is 19.0 Å². The van der Waals surface area contributed by atoms with Gasteiger partial charge >= 0.3 is 0 Å². The lowest BCUT2D eigenvalue weighted by Gasteiger charge is -2.18. The number of hydrogen-bond acceptors (Lipinski definition) is 5. The fraction of sp³-hybridized carbons (Fsp3) is 0.286. The molecule has 0 atom stereocenters. The summed E-state index contributed by atoms with van der Waals surface area (Å²) in [5.41, 5.74) is 1.91. The van der Waals surface area contributed by atoms with Crippen LogP contribution in [0.15, 0.2) is 62.9 Å². The van der Waals surface area contributed by atoms with Gasteiger partial charge in [-0.1, -0.05) is 44.5 Å². The van der Waals surface area contributed by atoms with E-state index >= 15 is 0 Å². The summed E-state index contributed by atoms with van der Waals surface area (Å²) in [7, 11) is -0.423. The summed E-state index contributed by atoms with van der Waals surface area (Å²) in [6.45, 7) is 6.40. The van der Waals surface area contributed by atoms with Crippen molar-refractivity contribution >= 4 is 27.3 Å². The van der Waals surface area contributed by atoms with Crippen molar-refractivity contribution in [2.45, 2.75) is 36.1 Å². The predicted octanol–water partition coefficient (Wildman–Crippen LogP) is 5.19. The van der Waals surface area contributed by atoms with E-state index in [0.29, 0.717) is 10.6 Å². The molecule has 0 saturated carbocycles. The molecule has 0 unspecified atom stereocenters. The molecule has 5 nitrogen and oxygen atoms in total. The number of hydrogen-bond donors (Lipinski definition) is 0. The number of sulfone groups is 1. The lowest BCUT2D eigenvalue weighted by atomic mass is 9.87. The van der Waals surface area contributed by atoms with Gasteiger partial charge in [-0.3, -0.25) is 0 Å². The highest BCUT2D eigenvalue weighted by molar-refractivity contribution is 7.91. The van der Waals surface area contributed by atoms with E-state index in [-0.39, 0.29) is 27.1 Å². The topological polar surface area (TPSA) is 63.4 Å². The maximum Gasteiger partial charge on any atom is 0.235 e. The first-order valence-electron chi connectivity index (χ1n) is 8.80. The van der Waals surface area contributed by atoms with E-state index in [2.05, 4.69) is 25.8 Å². The van der Waals surface area contributed by atoms with Gasteiger partial charge < -0.3 is 9.32 Å². The van der Waals surface area contributed by atoms with Crippen LogP contribution in [-0.2, 0) is 15.3 Å². The number of rotatable bonds is 4. The molecule has 0 saturated heterocycles. The number of benzene rings is 2. The van der Waals surface area contributed by atoms with Crippen LogP contribution in [0.1, 0.15) is 26.3 Å². The van der Waals surface area contributed by atoms with Crippen molar-refractivity contribution in [1.82, 2.24) is 4.98 Å². The van der Waals surface area contributed by atoms with E-state index in [4.69, 9.17) is 16.0 Å². The minimum absolute atomic E-state index is 0.0208. The van der Waals surface area contributed by atoms with Crippen molar-refractivity contribution in [3.05, 3.63) is 59.1 Å². The molecule has 1 aromatic heterocycles. The second-order valence-corrected chi connectivity index (χ2v) is 10.1. The van der Waals surface area contributed by atoms with Gasteiger partial charge in [-0.15, -0.1) is 0 Å². The number of nitrogens with zero attached hydrogens (tertiary/aromatic N) is 2. The molecule has 0 aliphatic rings. The fourth-order valence-corrected chi connectivity index (χ4v) is 4.22. The maximum absolute atomic E-state index is 13.1. The summed E-state index contributed by atoms with van der Waals surface area (Å²) in [5.74, 6) is 0.446. The zero-order valence-corrected chi connectivity index (χ0v) is 18.1. The zero-order chi connectivity index (χ0) is 20.7. The molecule has 0 spiro atoms. The smallest absolute Gasteiger partial charge is 0.235 e. The second kappa shape index (κ2) is 7.26. The van der Waals surface area contributed by atoms with Gasteiger partial charge in [-0.05, 0) is 47.4 Å². The Bertz CT molecular complexity index is 1080. The molecular weight excluding hydrogens is 396 g/mol. The number of halogens is 1. The van der Waals surface area contributed by atoms with Gasteiger partial charge in [0.05, 0.1) is 4.90 Å². The van der Waals surface area contributed by atoms with Crippen LogP contribution in [0.4, 0.5) is 5.88 Å². The first kappa shape index (κ1) is 20.4. The van der Waals surface area contributed by atoms with Crippen molar-refractivity contribution in [3.63, 3.8) is 0 Å². The van der Waals surface area contributed by atoms with Crippen LogP contribution >= 0.6 is 11.6 Å². The summed E-state index contributed by atoms with van der Waals surface area (Å²) >= 11 is 5.88. The highest BCUT2D eigenvalue weighted by Crippen LogP contribution is 2.34. The third-order valence-electron chi connectivity index (χ3n) is 4.36. The Hall–Kier alpha value is -2.31. The van der Waals surface area contributed by atoms with Crippen LogP contribution in [0.5, 0.6) is 0 Å². The van der Waals surface area contributed by atoms with Gasteiger partial charge in [0, 0.05) is 24.7 Å². The van der Waals surface area contributed by atoms with Gasteiger partial charge in [0.25, 0.3) is 0 Å². The zero-order valence-electron chi connectivity index (χ0n) is 16.5. The van der Waals surface area contributed by atoms with Crippen molar-refractivity contribution in [2.75, 3.05) is 19.0 Å². The van der Waals surface area contributed by atoms with Crippen LogP contribution in [0, 0.1) is 0 Å². The Kier molecular flexibility index (Phi) is 5.30. The van der Waals surface area contributed by atoms with E-state index in [0.717, 1.165) is 0 Å². The van der Waals surface area contributed by atoms with E-state index in [1.807, 2.05) is 24.3 Å². The molecule has 0 aliphatic heterocycles. The largest absolute Gasteiger partial charge is 0.419 e. The molecule has 0 aliphatic carbocycles. The molecule has 1 heterocycles. The molecule has 0 N–H and O–H groups in total. The molecule has 3 aromatic rings. The van der Waals surface area contributed by atoms with Crippen LogP contribution < -0.4 is 4.90 Å². The van der Waals surface area contributed by atoms with Crippen molar-refractivity contribution in [1.29, 1.82) is 0 Å². The van der Waals surface area contributed by atoms with Crippen LogP contribution in [0.3, 0.4) is 0 Å². The van der Waals surface area contributed by atoms with Gasteiger partial charge in [0.2, 0.25) is 26.6 Å². The number of anilines is 1. The molecule has 0 radical (unpaired) electrons. The number of oxazole rings is 1. The molecule has 3 rings (SSSR count). The Labute approximate surface area is 170 Å². The third-order valence-corrected chi connectivity index (χ3v) is 6.28. The first-order chi connectivity index (χ1) is 13.0. The minimum Gasteiger partial charge on any atom is -0.419 e. The van der Waals surface area contributed by atoms with Gasteiger partial charge in [0.15, 0.2) is 0 Å². The van der Waals surface area contributed by atoms with Gasteiger partial charge in [0.1, 0.15) is 0 Å². The normalized spacial score (nSPS) is 12.2. The highest BCUT2D eigenvalue weighted by atomic mass is 35.5. The molecule has 0 fully saturated rings. The van der Waals surface area contributed by atoms with E-state index in [9.17, 15) is 8.42 Å². The van der Waals surface area contributed by atoms with Crippen molar-refractivity contribution < 1.29 is 12.8 Å². The average molecular weight is 419 g/mol. The monoisotopic (exact) mass is 418 g/mol. The van der Waals surface area contributed by atoms with Gasteiger partial charge in [-0.25, -0.2) is 8.42 Å². The third kappa shape index (κ3) is 3.93. The highest BCUT2D eigenvalue weighted by Gasteiger charge is 2.29. The second-order valence-electron chi connectivity index (χ2n) is 7.81. The summed E-state index contributed by atoms with van der Waals surface area (Å²) in [6.07, 6.45) is 0. The molecule has 2 aromatic carbocycles. The summed E-state index contributed by atoms with van der Waals surface area (Å²) < 4.78 is 32.0. The Morgan fingerprint density at radius 1 is 0.964 bits per heavy atom. The molecule has 28 heavy (non-hydrogen) atoms. The molecule has 0 bridgehead atoms.